The van der Waals surface area contributed by atoms with Gasteiger partial charge in [0.05, 0.1) is 12.0 Å². The van der Waals surface area contributed by atoms with Crippen molar-refractivity contribution in [3.63, 3.8) is 0 Å². The number of esters is 1. The van der Waals surface area contributed by atoms with Crippen LogP contribution >= 0.6 is 0 Å². The van der Waals surface area contributed by atoms with Crippen LogP contribution in [0, 0.1) is 10.1 Å². The number of aliphatic imine (C=N–C) groups is 1. The predicted molar refractivity (Wildman–Crippen MR) is 96.6 cm³/mol. The lowest BCUT2D eigenvalue weighted by molar-refractivity contribution is -0.384. The van der Waals surface area contributed by atoms with Gasteiger partial charge in [0, 0.05) is 18.2 Å². The molecule has 26 heavy (non-hydrogen) atoms. The van der Waals surface area contributed by atoms with Crippen molar-refractivity contribution in [3.05, 3.63) is 81.5 Å². The SMILES string of the molecule is COc1ccc(/C=C2N=C(/C=C/c3ccc([N+](=O)[O-])cc3)OC\2=O)cc1. The van der Waals surface area contributed by atoms with Gasteiger partial charge in [0.2, 0.25) is 5.90 Å². The van der Waals surface area contributed by atoms with Crippen molar-refractivity contribution in [1.82, 2.24) is 0 Å². The van der Waals surface area contributed by atoms with E-state index in [2.05, 4.69) is 4.99 Å². The highest BCUT2D eigenvalue weighted by Gasteiger charge is 2.21. The molecule has 0 aromatic heterocycles. The van der Waals surface area contributed by atoms with E-state index in [-0.39, 0.29) is 17.3 Å². The van der Waals surface area contributed by atoms with Crippen LogP contribution in [0.2, 0.25) is 0 Å². The van der Waals surface area contributed by atoms with E-state index in [0.29, 0.717) is 0 Å². The van der Waals surface area contributed by atoms with Crippen molar-refractivity contribution < 1.29 is 19.2 Å². The van der Waals surface area contributed by atoms with Crippen LogP contribution in [0.1, 0.15) is 11.1 Å². The van der Waals surface area contributed by atoms with E-state index in [1.165, 1.54) is 18.2 Å². The molecule has 1 heterocycles. The van der Waals surface area contributed by atoms with Gasteiger partial charge < -0.3 is 9.47 Å². The number of nitro groups is 1. The molecule has 0 saturated heterocycles. The molecule has 2 aromatic carbocycles. The minimum atomic E-state index is -0.538. The Hall–Kier alpha value is -3.74. The smallest absolute Gasteiger partial charge is 0.363 e. The van der Waals surface area contributed by atoms with E-state index in [1.807, 2.05) is 0 Å². The van der Waals surface area contributed by atoms with Gasteiger partial charge in [-0.1, -0.05) is 12.1 Å². The zero-order chi connectivity index (χ0) is 18.5. The summed E-state index contributed by atoms with van der Waals surface area (Å²) in [6.07, 6.45) is 4.81. The first-order valence-corrected chi connectivity index (χ1v) is 7.64. The summed E-state index contributed by atoms with van der Waals surface area (Å²) in [5.41, 5.74) is 1.72. The molecule has 0 radical (unpaired) electrons. The van der Waals surface area contributed by atoms with Gasteiger partial charge in [-0.2, -0.15) is 0 Å². The Morgan fingerprint density at radius 2 is 1.69 bits per heavy atom. The standard InChI is InChI=1S/C19H14N2O5/c1-25-16-9-4-14(5-10-16)12-17-19(22)26-18(20-17)11-6-13-2-7-15(8-3-13)21(23)24/h2-12H,1H3/b11-6+,17-12-. The van der Waals surface area contributed by atoms with Crippen molar-refractivity contribution in [3.8, 4) is 5.75 Å². The second kappa shape index (κ2) is 7.43. The predicted octanol–water partition coefficient (Wildman–Crippen LogP) is 3.61. The first kappa shape index (κ1) is 17.1. The number of ether oxygens (including phenoxy) is 2. The fraction of sp³-hybridized carbons (Fsp3) is 0.0526. The van der Waals surface area contributed by atoms with E-state index in [0.717, 1.165) is 16.9 Å². The monoisotopic (exact) mass is 350 g/mol. The number of rotatable bonds is 5. The van der Waals surface area contributed by atoms with Gasteiger partial charge in [-0.05, 0) is 47.5 Å². The highest BCUT2D eigenvalue weighted by atomic mass is 16.6. The van der Waals surface area contributed by atoms with Crippen molar-refractivity contribution in [2.75, 3.05) is 7.11 Å². The van der Waals surface area contributed by atoms with E-state index >= 15 is 0 Å². The van der Waals surface area contributed by atoms with Gasteiger partial charge in [0.25, 0.3) is 5.69 Å². The Bertz CT molecular complexity index is 925. The summed E-state index contributed by atoms with van der Waals surface area (Å²) < 4.78 is 10.2. The summed E-state index contributed by atoms with van der Waals surface area (Å²) in [4.78, 5) is 26.2. The number of nitrogens with zero attached hydrogens (tertiary/aromatic N) is 2. The van der Waals surface area contributed by atoms with Gasteiger partial charge in [0.1, 0.15) is 5.75 Å². The normalized spacial score (nSPS) is 15.2. The third-order valence-electron chi connectivity index (χ3n) is 3.58. The van der Waals surface area contributed by atoms with Crippen LogP contribution in [0.5, 0.6) is 5.75 Å². The lowest BCUT2D eigenvalue weighted by Gasteiger charge is -1.99. The molecule has 0 saturated carbocycles. The number of carbonyl (C=O) groups is 1. The molecule has 2 aromatic rings. The van der Waals surface area contributed by atoms with Crippen molar-refractivity contribution in [2.45, 2.75) is 0 Å². The summed E-state index contributed by atoms with van der Waals surface area (Å²) in [5.74, 6) is 0.341. The first-order valence-electron chi connectivity index (χ1n) is 7.64. The average Bonchev–Trinajstić information content (AvgIpc) is 3.00. The third kappa shape index (κ3) is 4.02. The summed E-state index contributed by atoms with van der Waals surface area (Å²) in [6.45, 7) is 0. The van der Waals surface area contributed by atoms with E-state index < -0.39 is 10.9 Å². The van der Waals surface area contributed by atoms with Crippen LogP contribution in [0.4, 0.5) is 5.69 Å². The third-order valence-corrected chi connectivity index (χ3v) is 3.58. The molecule has 0 amide bonds. The van der Waals surface area contributed by atoms with Gasteiger partial charge >= 0.3 is 5.97 Å². The molecule has 0 bridgehead atoms. The van der Waals surface area contributed by atoms with Gasteiger partial charge in [-0.25, -0.2) is 9.79 Å². The molecule has 1 aliphatic rings. The number of methoxy groups -OCH3 is 1. The maximum atomic E-state index is 11.9. The molecule has 0 fully saturated rings. The highest BCUT2D eigenvalue weighted by molar-refractivity contribution is 6.11. The summed E-state index contributed by atoms with van der Waals surface area (Å²) in [7, 11) is 1.58. The van der Waals surface area contributed by atoms with E-state index in [4.69, 9.17) is 9.47 Å². The molecular formula is C19H14N2O5. The van der Waals surface area contributed by atoms with Gasteiger partial charge in [-0.3, -0.25) is 10.1 Å². The van der Waals surface area contributed by atoms with Crippen LogP contribution < -0.4 is 4.74 Å². The number of non-ortho nitro benzene ring substituents is 1. The summed E-state index contributed by atoms with van der Waals surface area (Å²) >= 11 is 0. The quantitative estimate of drug-likeness (QED) is 0.355. The zero-order valence-electron chi connectivity index (χ0n) is 13.8. The maximum Gasteiger partial charge on any atom is 0.363 e. The van der Waals surface area contributed by atoms with Crippen LogP contribution in [0.15, 0.2) is 65.3 Å². The largest absolute Gasteiger partial charge is 0.497 e. The zero-order valence-corrected chi connectivity index (χ0v) is 13.8. The fourth-order valence-corrected chi connectivity index (χ4v) is 2.23. The Labute approximate surface area is 149 Å². The maximum absolute atomic E-state index is 11.9. The molecule has 0 unspecified atom stereocenters. The minimum Gasteiger partial charge on any atom is -0.497 e. The molecular weight excluding hydrogens is 336 g/mol. The topological polar surface area (TPSA) is 91.0 Å². The number of carbonyl (C=O) groups excluding carboxylic acids is 1. The molecule has 3 rings (SSSR count). The molecule has 130 valence electrons. The second-order valence-corrected chi connectivity index (χ2v) is 5.32. The second-order valence-electron chi connectivity index (χ2n) is 5.32. The number of cyclic esters (lactones) is 1. The van der Waals surface area contributed by atoms with E-state index in [1.54, 1.807) is 55.7 Å². The van der Waals surface area contributed by atoms with Crippen LogP contribution in [0.25, 0.3) is 12.2 Å². The number of benzene rings is 2. The number of hydrogen-bond donors (Lipinski definition) is 0. The van der Waals surface area contributed by atoms with Crippen LogP contribution in [0.3, 0.4) is 0 Å². The van der Waals surface area contributed by atoms with Gasteiger partial charge in [0.15, 0.2) is 5.70 Å². The Kier molecular flexibility index (Phi) is 4.89. The number of nitro benzene ring substituents is 1. The lowest BCUT2D eigenvalue weighted by Crippen LogP contribution is -2.01. The van der Waals surface area contributed by atoms with Gasteiger partial charge in [-0.15, -0.1) is 0 Å². The summed E-state index contributed by atoms with van der Waals surface area (Å²) in [5, 5.41) is 10.6. The Morgan fingerprint density at radius 3 is 2.31 bits per heavy atom. The molecule has 7 nitrogen and oxygen atoms in total. The minimum absolute atomic E-state index is 0.0106. The molecule has 7 heteroatoms. The molecule has 0 N–H and O–H groups in total. The Balaban J connectivity index is 1.74. The average molecular weight is 350 g/mol. The lowest BCUT2D eigenvalue weighted by atomic mass is 10.2. The Morgan fingerprint density at radius 1 is 1.04 bits per heavy atom. The molecule has 1 aliphatic heterocycles. The highest BCUT2D eigenvalue weighted by Crippen LogP contribution is 2.19. The van der Waals surface area contributed by atoms with Crippen LogP contribution in [-0.4, -0.2) is 23.9 Å². The first-order chi connectivity index (χ1) is 12.5. The van der Waals surface area contributed by atoms with Crippen molar-refractivity contribution in [2.24, 2.45) is 4.99 Å². The van der Waals surface area contributed by atoms with E-state index in [9.17, 15) is 14.9 Å². The molecule has 0 spiro atoms. The van der Waals surface area contributed by atoms with Crippen molar-refractivity contribution >= 4 is 29.7 Å². The van der Waals surface area contributed by atoms with Crippen LogP contribution in [-0.2, 0) is 9.53 Å². The number of hydrogen-bond acceptors (Lipinski definition) is 6. The summed E-state index contributed by atoms with van der Waals surface area (Å²) in [6, 6.07) is 13.2. The fourth-order valence-electron chi connectivity index (χ4n) is 2.23. The molecule has 0 atom stereocenters. The molecule has 0 aliphatic carbocycles. The van der Waals surface area contributed by atoms with Crippen molar-refractivity contribution in [1.29, 1.82) is 0 Å².